The highest BCUT2D eigenvalue weighted by atomic mass is 16.5. The van der Waals surface area contributed by atoms with Crippen LogP contribution in [0, 0.1) is 13.8 Å². The number of aryl methyl sites for hydroxylation is 2. The summed E-state index contributed by atoms with van der Waals surface area (Å²) >= 11 is 0. The molecule has 120 valence electrons. The largest absolute Gasteiger partial charge is 0.380 e. The summed E-state index contributed by atoms with van der Waals surface area (Å²) in [7, 11) is 0. The second-order valence-corrected chi connectivity index (χ2v) is 5.56. The predicted molar refractivity (Wildman–Crippen MR) is 90.9 cm³/mol. The Labute approximate surface area is 130 Å². The average molecular weight is 292 g/mol. The van der Waals surface area contributed by atoms with E-state index in [4.69, 9.17) is 4.74 Å². The first-order valence-corrected chi connectivity index (χ1v) is 8.22. The van der Waals surface area contributed by atoms with Gasteiger partial charge in [0.05, 0.1) is 6.61 Å². The van der Waals surface area contributed by atoms with E-state index in [-0.39, 0.29) is 0 Å². The van der Waals surface area contributed by atoms with E-state index in [1.165, 1.54) is 16.7 Å². The Hall–Kier alpha value is -0.900. The van der Waals surface area contributed by atoms with Crippen LogP contribution in [0.2, 0.25) is 0 Å². The van der Waals surface area contributed by atoms with E-state index in [2.05, 4.69) is 56.1 Å². The first-order chi connectivity index (χ1) is 10.1. The van der Waals surface area contributed by atoms with Crippen molar-refractivity contribution in [2.24, 2.45) is 0 Å². The standard InChI is InChI=1S/C18H32N2O/c1-6-19-18(14-20(7-2)11-12-21-8-3)17-13-15(4)9-10-16(17)5/h9-10,13,18-19H,6-8,11-12,14H2,1-5H3. The van der Waals surface area contributed by atoms with Crippen LogP contribution < -0.4 is 5.32 Å². The zero-order valence-electron chi connectivity index (χ0n) is 14.4. The van der Waals surface area contributed by atoms with Crippen LogP contribution in [0.3, 0.4) is 0 Å². The Bertz CT molecular complexity index is 406. The molecule has 0 radical (unpaired) electrons. The van der Waals surface area contributed by atoms with E-state index in [0.717, 1.165) is 39.4 Å². The number of rotatable bonds is 10. The lowest BCUT2D eigenvalue weighted by Gasteiger charge is -2.28. The molecule has 3 nitrogen and oxygen atoms in total. The van der Waals surface area contributed by atoms with Gasteiger partial charge in [-0.05, 0) is 45.0 Å². The van der Waals surface area contributed by atoms with Gasteiger partial charge in [0.1, 0.15) is 0 Å². The number of nitrogens with zero attached hydrogens (tertiary/aromatic N) is 1. The number of hydrogen-bond donors (Lipinski definition) is 1. The van der Waals surface area contributed by atoms with Gasteiger partial charge in [-0.25, -0.2) is 0 Å². The summed E-state index contributed by atoms with van der Waals surface area (Å²) in [6.45, 7) is 16.5. The summed E-state index contributed by atoms with van der Waals surface area (Å²) in [6.07, 6.45) is 0. The molecule has 1 aromatic carbocycles. The molecule has 0 saturated carbocycles. The lowest BCUT2D eigenvalue weighted by molar-refractivity contribution is 0.111. The van der Waals surface area contributed by atoms with E-state index in [1.54, 1.807) is 0 Å². The van der Waals surface area contributed by atoms with Crippen molar-refractivity contribution < 1.29 is 4.74 Å². The molecule has 1 unspecified atom stereocenters. The minimum atomic E-state index is 0.386. The predicted octanol–water partition coefficient (Wildman–Crippen LogP) is 3.31. The molecule has 1 atom stereocenters. The van der Waals surface area contributed by atoms with Gasteiger partial charge in [0.2, 0.25) is 0 Å². The van der Waals surface area contributed by atoms with Gasteiger partial charge in [0, 0.05) is 25.7 Å². The Morgan fingerprint density at radius 3 is 2.57 bits per heavy atom. The van der Waals surface area contributed by atoms with E-state index >= 15 is 0 Å². The highest BCUT2D eigenvalue weighted by molar-refractivity contribution is 5.33. The van der Waals surface area contributed by atoms with Crippen molar-refractivity contribution in [3.05, 3.63) is 34.9 Å². The van der Waals surface area contributed by atoms with E-state index < -0.39 is 0 Å². The van der Waals surface area contributed by atoms with Gasteiger partial charge < -0.3 is 10.1 Å². The van der Waals surface area contributed by atoms with Gasteiger partial charge in [0.15, 0.2) is 0 Å². The second-order valence-electron chi connectivity index (χ2n) is 5.56. The Morgan fingerprint density at radius 2 is 1.95 bits per heavy atom. The topological polar surface area (TPSA) is 24.5 Å². The summed E-state index contributed by atoms with van der Waals surface area (Å²) < 4.78 is 5.49. The minimum Gasteiger partial charge on any atom is -0.380 e. The van der Waals surface area contributed by atoms with Crippen LogP contribution in [0.4, 0.5) is 0 Å². The van der Waals surface area contributed by atoms with Crippen LogP contribution in [0.5, 0.6) is 0 Å². The van der Waals surface area contributed by atoms with Gasteiger partial charge in [-0.2, -0.15) is 0 Å². The van der Waals surface area contributed by atoms with Crippen molar-refractivity contribution in [2.75, 3.05) is 39.4 Å². The Morgan fingerprint density at radius 1 is 1.19 bits per heavy atom. The summed E-state index contributed by atoms with van der Waals surface area (Å²) in [6, 6.07) is 7.12. The molecule has 3 heteroatoms. The molecule has 0 aliphatic carbocycles. The average Bonchev–Trinajstić information content (AvgIpc) is 2.48. The lowest BCUT2D eigenvalue weighted by Crippen LogP contribution is -2.37. The zero-order valence-corrected chi connectivity index (χ0v) is 14.4. The number of ether oxygens (including phenoxy) is 1. The molecule has 0 bridgehead atoms. The molecule has 0 amide bonds. The molecule has 1 rings (SSSR count). The van der Waals surface area contributed by atoms with E-state index in [9.17, 15) is 0 Å². The minimum absolute atomic E-state index is 0.386. The van der Waals surface area contributed by atoms with Crippen molar-refractivity contribution >= 4 is 0 Å². The quantitative estimate of drug-likeness (QED) is 0.670. The fourth-order valence-electron chi connectivity index (χ4n) is 2.63. The monoisotopic (exact) mass is 292 g/mol. The third-order valence-corrected chi connectivity index (χ3v) is 3.90. The van der Waals surface area contributed by atoms with Crippen LogP contribution >= 0.6 is 0 Å². The third kappa shape index (κ3) is 6.16. The summed E-state index contributed by atoms with van der Waals surface area (Å²) in [5, 5.41) is 3.64. The van der Waals surface area contributed by atoms with Crippen LogP contribution in [0.25, 0.3) is 0 Å². The third-order valence-electron chi connectivity index (χ3n) is 3.90. The molecule has 0 saturated heterocycles. The summed E-state index contributed by atoms with van der Waals surface area (Å²) in [5.41, 5.74) is 4.12. The van der Waals surface area contributed by atoms with Gasteiger partial charge in [0.25, 0.3) is 0 Å². The van der Waals surface area contributed by atoms with Crippen molar-refractivity contribution in [1.82, 2.24) is 10.2 Å². The number of likely N-dealkylation sites (N-methyl/N-ethyl adjacent to an activating group) is 2. The molecule has 21 heavy (non-hydrogen) atoms. The smallest absolute Gasteiger partial charge is 0.0593 e. The van der Waals surface area contributed by atoms with Gasteiger partial charge in [-0.15, -0.1) is 0 Å². The number of nitrogens with one attached hydrogen (secondary N) is 1. The number of benzene rings is 1. The molecule has 0 aliphatic rings. The Kier molecular flexibility index (Phi) is 8.58. The first-order valence-electron chi connectivity index (χ1n) is 8.22. The van der Waals surface area contributed by atoms with Gasteiger partial charge >= 0.3 is 0 Å². The molecule has 1 N–H and O–H groups in total. The van der Waals surface area contributed by atoms with Gasteiger partial charge in [-0.1, -0.05) is 37.6 Å². The second kappa shape index (κ2) is 9.93. The van der Waals surface area contributed by atoms with Crippen LogP contribution in [0.15, 0.2) is 18.2 Å². The maximum absolute atomic E-state index is 5.49. The molecule has 0 heterocycles. The summed E-state index contributed by atoms with van der Waals surface area (Å²) in [4.78, 5) is 2.46. The molecule has 0 aromatic heterocycles. The Balaban J connectivity index is 2.77. The first kappa shape index (κ1) is 18.1. The van der Waals surface area contributed by atoms with Gasteiger partial charge in [-0.3, -0.25) is 4.90 Å². The highest BCUT2D eigenvalue weighted by Gasteiger charge is 2.16. The summed E-state index contributed by atoms with van der Waals surface area (Å²) in [5.74, 6) is 0. The highest BCUT2D eigenvalue weighted by Crippen LogP contribution is 2.20. The zero-order chi connectivity index (χ0) is 15.7. The number of hydrogen-bond acceptors (Lipinski definition) is 3. The van der Waals surface area contributed by atoms with E-state index in [0.29, 0.717) is 6.04 Å². The molecule has 0 fully saturated rings. The van der Waals surface area contributed by atoms with Crippen LogP contribution in [0.1, 0.15) is 43.5 Å². The van der Waals surface area contributed by atoms with Crippen LogP contribution in [-0.4, -0.2) is 44.3 Å². The maximum atomic E-state index is 5.49. The van der Waals surface area contributed by atoms with Crippen molar-refractivity contribution in [3.63, 3.8) is 0 Å². The SMILES string of the molecule is CCNC(CN(CC)CCOCC)c1cc(C)ccc1C. The maximum Gasteiger partial charge on any atom is 0.0593 e. The molecule has 1 aromatic rings. The van der Waals surface area contributed by atoms with Crippen LogP contribution in [-0.2, 0) is 4.74 Å². The van der Waals surface area contributed by atoms with Crippen molar-refractivity contribution in [2.45, 2.75) is 40.7 Å². The molecular weight excluding hydrogens is 260 g/mol. The lowest BCUT2D eigenvalue weighted by atomic mass is 9.98. The molecular formula is C18H32N2O. The van der Waals surface area contributed by atoms with E-state index in [1.807, 2.05) is 6.92 Å². The van der Waals surface area contributed by atoms with Crippen molar-refractivity contribution in [3.8, 4) is 0 Å². The van der Waals surface area contributed by atoms with Crippen molar-refractivity contribution in [1.29, 1.82) is 0 Å². The normalized spacial score (nSPS) is 12.9. The fourth-order valence-corrected chi connectivity index (χ4v) is 2.63. The molecule has 0 aliphatic heterocycles. The molecule has 0 spiro atoms. The fraction of sp³-hybridized carbons (Fsp3) is 0.667.